The third-order valence-corrected chi connectivity index (χ3v) is 0. The molecule has 3 N–H and O–H groups in total. The van der Waals surface area contributed by atoms with Gasteiger partial charge in [-0.3, -0.25) is 0 Å². The molecule has 0 aliphatic carbocycles. The summed E-state index contributed by atoms with van der Waals surface area (Å²) in [4.78, 5) is 0. The Balaban J connectivity index is 4.06. The first-order valence-electron chi connectivity index (χ1n) is 0.752. The van der Waals surface area contributed by atoms with E-state index in [1.807, 2.05) is 0 Å². The molecule has 5 heavy (non-hydrogen) atoms. The molecule has 0 radical (unpaired) electrons. The molecule has 0 atom stereocenters. The maximum atomic E-state index is 9.04. The molecule has 0 aliphatic heterocycles. The van der Waals surface area contributed by atoms with Gasteiger partial charge in [0.25, 0.3) is 0 Å². The van der Waals surface area contributed by atoms with Crippen LogP contribution in [0.25, 0.3) is 0 Å². The summed E-state index contributed by atoms with van der Waals surface area (Å²) in [5.41, 5.74) is 0. The molecule has 0 fully saturated rings. The predicted molar refractivity (Wildman–Crippen MR) is 13.5 cm³/mol. The zero-order valence-electron chi connectivity index (χ0n) is 2.25. The molecular formula is H3NO3Se. The maximum absolute atomic E-state index is 9.04. The minimum atomic E-state index is -4.75. The van der Waals surface area contributed by atoms with Crippen molar-refractivity contribution in [3.05, 3.63) is 0 Å². The molecule has 0 aliphatic rings. The van der Waals surface area contributed by atoms with Gasteiger partial charge in [0.2, 0.25) is 0 Å². The summed E-state index contributed by atoms with van der Waals surface area (Å²) in [6.07, 6.45) is 0. The van der Waals surface area contributed by atoms with Gasteiger partial charge in [0.1, 0.15) is 0 Å². The van der Waals surface area contributed by atoms with Gasteiger partial charge in [-0.05, 0) is 0 Å². The van der Waals surface area contributed by atoms with Gasteiger partial charge in [-0.2, -0.15) is 0 Å². The molecule has 5 heteroatoms. The topological polar surface area (TPSA) is 80.4 Å². The molecule has 0 aromatic rings. The summed E-state index contributed by atoms with van der Waals surface area (Å²) < 4.78 is 29.4. The van der Waals surface area contributed by atoms with Gasteiger partial charge in [-0.1, -0.05) is 0 Å². The van der Waals surface area contributed by atoms with Crippen LogP contribution in [0.3, 0.4) is 0 Å². The third-order valence-electron chi connectivity index (χ3n) is 0. The predicted octanol–water partition coefficient (Wildman–Crippen LogP) is -1.77. The van der Waals surface area contributed by atoms with E-state index in [9.17, 15) is 0 Å². The Hall–Kier alpha value is 0.0395. The molecule has 0 spiro atoms. The summed E-state index contributed by atoms with van der Waals surface area (Å²) in [5, 5.41) is 0. The zero-order valence-corrected chi connectivity index (χ0v) is 3.96. The first-order chi connectivity index (χ1) is 2.00. The van der Waals surface area contributed by atoms with E-state index in [-0.39, 0.29) is 0 Å². The fraction of sp³-hybridized carbons (Fsp3) is 0. The molecule has 0 amide bonds. The molecule has 0 aromatic heterocycles. The average molecular weight is 144 g/mol. The van der Waals surface area contributed by atoms with Crippen molar-refractivity contribution in [1.82, 2.24) is 0 Å². The molecule has 0 unspecified atom stereocenters. The van der Waals surface area contributed by atoms with Crippen LogP contribution in [0.15, 0.2) is 0 Å². The van der Waals surface area contributed by atoms with Gasteiger partial charge in [0.15, 0.2) is 0 Å². The van der Waals surface area contributed by atoms with Crippen LogP contribution < -0.4 is 4.75 Å². The second kappa shape index (κ2) is 1.02. The van der Waals surface area contributed by atoms with E-state index >= 15 is 0 Å². The molecule has 4 nitrogen and oxygen atoms in total. The van der Waals surface area contributed by atoms with Crippen LogP contribution in [-0.2, 0) is 7.67 Å². The first-order valence-corrected chi connectivity index (χ1v) is 3.91. The summed E-state index contributed by atoms with van der Waals surface area (Å²) in [5.74, 6) is 0. The van der Waals surface area contributed by atoms with E-state index in [4.69, 9.17) is 11.9 Å². The van der Waals surface area contributed by atoms with Crippen molar-refractivity contribution < 1.29 is 11.9 Å². The van der Waals surface area contributed by atoms with E-state index < -0.39 is 13.3 Å². The standard InChI is InChI=1S/H3NO3Se/c1-5(2,3)4/h(H3,1,2,3,4). The van der Waals surface area contributed by atoms with Gasteiger partial charge in [-0.25, -0.2) is 0 Å². The van der Waals surface area contributed by atoms with Crippen LogP contribution in [0.4, 0.5) is 0 Å². The van der Waals surface area contributed by atoms with Crippen molar-refractivity contribution in [2.75, 3.05) is 0 Å². The van der Waals surface area contributed by atoms with Gasteiger partial charge >= 0.3 is 29.9 Å². The third kappa shape index (κ3) is 10800. The first kappa shape index (κ1) is 5.04. The molecule has 0 bridgehead atoms. The monoisotopic (exact) mass is 145 g/mol. The van der Waals surface area contributed by atoms with Gasteiger partial charge in [-0.15, -0.1) is 0 Å². The molecule has 0 aromatic carbocycles. The Morgan fingerprint density at radius 2 is 1.60 bits per heavy atom. The fourth-order valence-electron chi connectivity index (χ4n) is 0. The average Bonchev–Trinajstić information content (AvgIpc) is 0.722. The Morgan fingerprint density at radius 1 is 1.60 bits per heavy atom. The second-order valence-electron chi connectivity index (χ2n) is 0.515. The van der Waals surface area contributed by atoms with Crippen molar-refractivity contribution in [2.45, 2.75) is 0 Å². The van der Waals surface area contributed by atoms with Gasteiger partial charge < -0.3 is 0 Å². The molecular weight excluding hydrogens is 141 g/mol. The van der Waals surface area contributed by atoms with Crippen molar-refractivity contribution >= 4 is 13.3 Å². The molecule has 0 heterocycles. The van der Waals surface area contributed by atoms with E-state index in [2.05, 4.69) is 4.75 Å². The SMILES string of the molecule is N[Se](=O)(=O)O. The summed E-state index contributed by atoms with van der Waals surface area (Å²) in [6, 6.07) is 0. The fourth-order valence-corrected chi connectivity index (χ4v) is 0. The Morgan fingerprint density at radius 3 is 1.60 bits per heavy atom. The molecule has 32 valence electrons. The molecule has 0 rings (SSSR count). The van der Waals surface area contributed by atoms with Crippen molar-refractivity contribution in [3.63, 3.8) is 0 Å². The van der Waals surface area contributed by atoms with Crippen LogP contribution >= 0.6 is 0 Å². The normalized spacial score (nSPS) is 11.6. The minimum absolute atomic E-state index is 3.95. The summed E-state index contributed by atoms with van der Waals surface area (Å²) >= 11 is -4.75. The zero-order chi connectivity index (χ0) is 4.50. The number of nitrogens with two attached hydrogens (primary N) is 1. The van der Waals surface area contributed by atoms with E-state index in [0.29, 0.717) is 0 Å². The van der Waals surface area contributed by atoms with Crippen molar-refractivity contribution in [3.8, 4) is 0 Å². The van der Waals surface area contributed by atoms with Gasteiger partial charge in [0.05, 0.1) is 0 Å². The number of hydrogen-bond acceptors (Lipinski definition) is 2. The van der Waals surface area contributed by atoms with Crippen LogP contribution in [0.5, 0.6) is 0 Å². The van der Waals surface area contributed by atoms with Gasteiger partial charge in [0, 0.05) is 0 Å². The van der Waals surface area contributed by atoms with E-state index in [1.165, 1.54) is 0 Å². The Kier molecular flexibility index (Phi) is 1.03. The quantitative estimate of drug-likeness (QED) is 0.394. The van der Waals surface area contributed by atoms with E-state index in [0.717, 1.165) is 0 Å². The number of rotatable bonds is 0. The summed E-state index contributed by atoms with van der Waals surface area (Å²) in [7, 11) is 0. The summed E-state index contributed by atoms with van der Waals surface area (Å²) in [6.45, 7) is 0. The molecule has 0 saturated carbocycles. The van der Waals surface area contributed by atoms with Crippen LogP contribution in [-0.4, -0.2) is 17.4 Å². The van der Waals surface area contributed by atoms with Crippen molar-refractivity contribution in [1.29, 1.82) is 0 Å². The second-order valence-corrected chi connectivity index (χ2v) is 2.68. The van der Waals surface area contributed by atoms with E-state index in [1.54, 1.807) is 0 Å². The van der Waals surface area contributed by atoms with Crippen molar-refractivity contribution in [2.24, 2.45) is 4.75 Å². The van der Waals surface area contributed by atoms with Crippen LogP contribution in [0.1, 0.15) is 0 Å². The molecule has 0 saturated heterocycles. The van der Waals surface area contributed by atoms with Crippen LogP contribution in [0, 0.1) is 0 Å². The van der Waals surface area contributed by atoms with Crippen LogP contribution in [0.2, 0.25) is 0 Å². The Bertz CT molecular complexity index is 90.1. The Labute approximate surface area is 30.8 Å². The number of hydrogen-bond donors (Lipinski definition) is 2.